The van der Waals surface area contributed by atoms with Gasteiger partial charge in [0.05, 0.1) is 0 Å². The molecule has 0 aliphatic heterocycles. The number of nitrogens with zero attached hydrogens (tertiary/aromatic N) is 2. The number of benzene rings is 14. The Morgan fingerprint density at radius 1 is 0.252 bits per heavy atom. The molecule has 16 aromatic rings. The number of hydrogen-bond donors (Lipinski definition) is 0. The lowest BCUT2D eigenvalue weighted by Gasteiger charge is -2.33. The number of fused-ring (bicyclic) bond motifs is 25. The van der Waals surface area contributed by atoms with Crippen molar-refractivity contribution in [1.82, 2.24) is 0 Å². The summed E-state index contributed by atoms with van der Waals surface area (Å²) in [5.74, 6) is 0. The molecule has 115 heavy (non-hydrogen) atoms. The molecule has 0 radical (unpaired) electrons. The van der Waals surface area contributed by atoms with Gasteiger partial charge in [-0.3, -0.25) is 0 Å². The van der Waals surface area contributed by atoms with E-state index in [1.807, 2.05) is 0 Å². The minimum absolute atomic E-state index is 0.0215. The quantitative estimate of drug-likeness (QED) is 0.0712. The van der Waals surface area contributed by atoms with Crippen molar-refractivity contribution in [3.05, 3.63) is 335 Å². The van der Waals surface area contributed by atoms with Crippen molar-refractivity contribution in [3.8, 4) is 77.9 Å². The Morgan fingerprint density at radius 2 is 0.635 bits per heavy atom. The first-order valence-corrected chi connectivity index (χ1v) is 42.7. The van der Waals surface area contributed by atoms with E-state index in [2.05, 4.69) is 358 Å². The minimum atomic E-state index is -0.430. The molecule has 4 nitrogen and oxygen atoms in total. The summed E-state index contributed by atoms with van der Waals surface area (Å²) < 4.78 is 14.4. The van der Waals surface area contributed by atoms with Gasteiger partial charge >= 0.3 is 0 Å². The summed E-state index contributed by atoms with van der Waals surface area (Å²) >= 11 is 0. The second-order valence-electron chi connectivity index (χ2n) is 36.1. The standard InChI is InChI=1S/C111H100N2O2/c1-11-13-15-17-33-61-111(62-34-18-16-14-12-2)89-44-30-25-39-78(89)81-57-48-70(64-94(81)111)69-47-56-79-80-58-49-71(65-91(80)107(3,4)90(79)63-69)87-68-95-98(100-85-41-27-31-45-96(85)114-105(87)100)83-59-54-76(66-92(83)108(95,5)6)113(75-52-50-74(51-53-75)112(72-35-21-19-22-36-72)73-37-23-20-24-38-73)77-55-60-84-93(67-77)110(9,10)103-99(84)101-86-42-28-32-46-97(86)115-106(101)102-82-40-26-29-43-88(82)109(7,8)104(102)103/h19-32,35-60,63-68H,11-18,33-34,61-62H2,1-10H3. The van der Waals surface area contributed by atoms with Gasteiger partial charge in [0.2, 0.25) is 0 Å². The average molecular weight is 1490 g/mol. The van der Waals surface area contributed by atoms with Gasteiger partial charge in [-0.25, -0.2) is 0 Å². The predicted octanol–water partition coefficient (Wildman–Crippen LogP) is 32.0. The molecule has 14 aromatic carbocycles. The van der Waals surface area contributed by atoms with Gasteiger partial charge in [0.1, 0.15) is 22.3 Å². The van der Waals surface area contributed by atoms with E-state index < -0.39 is 10.8 Å². The maximum absolute atomic E-state index is 7.30. The monoisotopic (exact) mass is 1490 g/mol. The van der Waals surface area contributed by atoms with Crippen molar-refractivity contribution in [3.63, 3.8) is 0 Å². The number of furan rings is 2. The van der Waals surface area contributed by atoms with E-state index in [9.17, 15) is 0 Å². The molecule has 2 aromatic heterocycles. The van der Waals surface area contributed by atoms with Crippen molar-refractivity contribution < 1.29 is 8.83 Å². The lowest BCUT2D eigenvalue weighted by molar-refractivity contribution is 0.399. The van der Waals surface area contributed by atoms with E-state index in [-0.39, 0.29) is 16.2 Å². The van der Waals surface area contributed by atoms with Crippen LogP contribution in [-0.2, 0) is 27.1 Å². The fourth-order valence-electron chi connectivity index (χ4n) is 22.3. The molecule has 0 atom stereocenters. The summed E-state index contributed by atoms with van der Waals surface area (Å²) in [6.45, 7) is 24.3. The number of unbranched alkanes of at least 4 members (excludes halogenated alkanes) is 8. The molecule has 0 unspecified atom stereocenters. The first-order chi connectivity index (χ1) is 56.0. The van der Waals surface area contributed by atoms with Crippen LogP contribution in [0, 0.1) is 0 Å². The molecule has 0 fully saturated rings. The SMILES string of the molecule is CCCCCCCC1(CCCCCCC)c2ccccc2-c2ccc(-c3ccc4c(c3)C(C)(C)c3cc(-c5cc6c(c7c5oc5ccccc57)-c5ccc(N(c7ccc(N(c8ccccc8)c8ccccc8)cc7)c7ccc8c(c7)C(C)(C)c7c9c(c%10oc%11ccccc%11c%10c7-8)-c7ccccc7C9(C)C)cc5C6(C)C)ccc3-4)cc21. The summed E-state index contributed by atoms with van der Waals surface area (Å²) in [6.07, 6.45) is 15.4. The highest BCUT2D eigenvalue weighted by molar-refractivity contribution is 6.22. The van der Waals surface area contributed by atoms with Crippen LogP contribution in [0.25, 0.3) is 122 Å². The van der Waals surface area contributed by atoms with Crippen LogP contribution in [0.4, 0.5) is 34.1 Å². The largest absolute Gasteiger partial charge is 0.455 e. The van der Waals surface area contributed by atoms with Crippen LogP contribution in [0.5, 0.6) is 0 Å². The van der Waals surface area contributed by atoms with Crippen LogP contribution < -0.4 is 9.80 Å². The number of para-hydroxylation sites is 4. The molecule has 0 saturated carbocycles. The molecule has 0 bridgehead atoms. The topological polar surface area (TPSA) is 32.8 Å². The van der Waals surface area contributed by atoms with E-state index in [1.165, 1.54) is 205 Å². The van der Waals surface area contributed by atoms with Crippen LogP contribution in [0.2, 0.25) is 0 Å². The Balaban J connectivity index is 0.677. The molecule has 0 spiro atoms. The predicted molar refractivity (Wildman–Crippen MR) is 484 cm³/mol. The summed E-state index contributed by atoms with van der Waals surface area (Å²) in [5.41, 5.74) is 40.8. The normalized spacial score (nSPS) is 15.3. The van der Waals surface area contributed by atoms with Crippen LogP contribution in [0.3, 0.4) is 0 Å². The molecule has 5 aliphatic carbocycles. The molecular weight excluding hydrogens is 1390 g/mol. The maximum Gasteiger partial charge on any atom is 0.144 e. The molecule has 4 heteroatoms. The van der Waals surface area contributed by atoms with Gasteiger partial charge in [0, 0.05) is 93.9 Å². The molecule has 5 aliphatic rings. The lowest BCUT2D eigenvalue weighted by Crippen LogP contribution is -2.25. The molecule has 566 valence electrons. The molecule has 21 rings (SSSR count). The Labute approximate surface area is 678 Å². The van der Waals surface area contributed by atoms with Gasteiger partial charge in [-0.15, -0.1) is 0 Å². The highest BCUT2D eigenvalue weighted by Gasteiger charge is 2.50. The third-order valence-corrected chi connectivity index (χ3v) is 28.1. The zero-order valence-electron chi connectivity index (χ0n) is 68.3. The number of hydrogen-bond acceptors (Lipinski definition) is 4. The van der Waals surface area contributed by atoms with Crippen LogP contribution in [0.15, 0.2) is 288 Å². The first-order valence-electron chi connectivity index (χ1n) is 42.7. The summed E-state index contributed by atoms with van der Waals surface area (Å²) in [5, 5.41) is 4.68. The van der Waals surface area contributed by atoms with Gasteiger partial charge in [-0.1, -0.05) is 303 Å². The molecular formula is C111H100N2O2. The highest BCUT2D eigenvalue weighted by atomic mass is 16.3. The zero-order chi connectivity index (χ0) is 78.0. The molecule has 2 heterocycles. The number of rotatable bonds is 20. The number of anilines is 6. The van der Waals surface area contributed by atoms with E-state index in [0.717, 1.165) is 72.8 Å². The smallest absolute Gasteiger partial charge is 0.144 e. The second kappa shape index (κ2) is 26.7. The van der Waals surface area contributed by atoms with E-state index >= 15 is 0 Å². The molecule has 0 N–H and O–H groups in total. The van der Waals surface area contributed by atoms with Crippen molar-refractivity contribution in [2.45, 2.75) is 173 Å². The average Bonchev–Trinajstić information content (AvgIpc) is 1.50. The van der Waals surface area contributed by atoms with E-state index in [4.69, 9.17) is 8.83 Å². The van der Waals surface area contributed by atoms with Gasteiger partial charge in [0.25, 0.3) is 0 Å². The van der Waals surface area contributed by atoms with Gasteiger partial charge < -0.3 is 18.6 Å². The van der Waals surface area contributed by atoms with E-state index in [0.29, 0.717) is 0 Å². The minimum Gasteiger partial charge on any atom is -0.455 e. The Kier molecular flexibility index (Phi) is 16.5. The van der Waals surface area contributed by atoms with Crippen molar-refractivity contribution in [2.75, 3.05) is 9.80 Å². The fraction of sp³-hybridized carbons (Fsp3) is 0.243. The summed E-state index contributed by atoms with van der Waals surface area (Å²) in [4.78, 5) is 4.88. The van der Waals surface area contributed by atoms with E-state index in [1.54, 1.807) is 11.1 Å². The van der Waals surface area contributed by atoms with Crippen LogP contribution >= 0.6 is 0 Å². The first kappa shape index (κ1) is 71.1. The van der Waals surface area contributed by atoms with Crippen LogP contribution in [-0.4, -0.2) is 0 Å². The zero-order valence-corrected chi connectivity index (χ0v) is 68.3. The molecule has 0 saturated heterocycles. The Hall–Kier alpha value is -11.7. The third-order valence-electron chi connectivity index (χ3n) is 28.1. The van der Waals surface area contributed by atoms with Gasteiger partial charge in [-0.2, -0.15) is 0 Å². The Bertz CT molecular complexity index is 6580. The second-order valence-corrected chi connectivity index (χ2v) is 36.1. The Morgan fingerprint density at radius 3 is 1.23 bits per heavy atom. The fourth-order valence-corrected chi connectivity index (χ4v) is 22.3. The van der Waals surface area contributed by atoms with Gasteiger partial charge in [0.15, 0.2) is 0 Å². The van der Waals surface area contributed by atoms with Crippen molar-refractivity contribution in [1.29, 1.82) is 0 Å². The highest BCUT2D eigenvalue weighted by Crippen LogP contribution is 2.65. The maximum atomic E-state index is 7.30. The van der Waals surface area contributed by atoms with Crippen LogP contribution in [0.1, 0.15) is 202 Å². The summed E-state index contributed by atoms with van der Waals surface area (Å²) in [7, 11) is 0. The molecule has 0 amide bonds. The van der Waals surface area contributed by atoms with Gasteiger partial charge in [-0.05, 0) is 244 Å². The third kappa shape index (κ3) is 10.6. The van der Waals surface area contributed by atoms with Crippen molar-refractivity contribution in [2.24, 2.45) is 0 Å². The summed E-state index contributed by atoms with van der Waals surface area (Å²) in [6, 6.07) is 106. The van der Waals surface area contributed by atoms with Crippen molar-refractivity contribution >= 4 is 78.0 Å². The lowest BCUT2D eigenvalue weighted by atomic mass is 9.70.